The van der Waals surface area contributed by atoms with Gasteiger partial charge in [0.1, 0.15) is 0 Å². The van der Waals surface area contributed by atoms with Crippen LogP contribution < -0.4 is 0 Å². The van der Waals surface area contributed by atoms with Crippen LogP contribution in [0.1, 0.15) is 36.2 Å². The van der Waals surface area contributed by atoms with Crippen molar-refractivity contribution in [2.24, 2.45) is 0 Å². The summed E-state index contributed by atoms with van der Waals surface area (Å²) in [5, 5.41) is 0. The van der Waals surface area contributed by atoms with Gasteiger partial charge in [-0.3, -0.25) is 4.79 Å². The molecular weight excluding hydrogens is 312 g/mol. The van der Waals surface area contributed by atoms with Crippen LogP contribution in [0.3, 0.4) is 0 Å². The summed E-state index contributed by atoms with van der Waals surface area (Å²) in [7, 11) is 0. The van der Waals surface area contributed by atoms with Gasteiger partial charge in [0.2, 0.25) is 0 Å². The lowest BCUT2D eigenvalue weighted by Gasteiger charge is -2.07. The Bertz CT molecular complexity index is 457. The zero-order chi connectivity index (χ0) is 14.3. The summed E-state index contributed by atoms with van der Waals surface area (Å²) in [4.78, 5) is 22.3. The standard InChI is InChI=1S/C14H17BrO4/c1-3-18-14(17)12-7-11(8-13(15)9-12)5-4-6-19-10(2)16/h7-9H,3-6H2,1-2H3. The molecule has 1 aromatic carbocycles. The number of carbonyl (C=O) groups excluding carboxylic acids is 2. The van der Waals surface area contributed by atoms with E-state index in [0.717, 1.165) is 22.9 Å². The molecule has 104 valence electrons. The summed E-state index contributed by atoms with van der Waals surface area (Å²) in [6.07, 6.45) is 1.46. The van der Waals surface area contributed by atoms with Crippen LogP contribution in [-0.4, -0.2) is 25.2 Å². The minimum absolute atomic E-state index is 0.276. The highest BCUT2D eigenvalue weighted by Gasteiger charge is 2.09. The average molecular weight is 329 g/mol. The van der Waals surface area contributed by atoms with Crippen molar-refractivity contribution in [3.05, 3.63) is 33.8 Å². The van der Waals surface area contributed by atoms with Gasteiger partial charge in [-0.25, -0.2) is 4.79 Å². The van der Waals surface area contributed by atoms with E-state index in [1.807, 2.05) is 6.07 Å². The fourth-order valence-corrected chi connectivity index (χ4v) is 2.16. The van der Waals surface area contributed by atoms with Gasteiger partial charge in [0.25, 0.3) is 0 Å². The van der Waals surface area contributed by atoms with Crippen molar-refractivity contribution in [1.29, 1.82) is 0 Å². The fourth-order valence-electron chi connectivity index (χ4n) is 1.62. The molecule has 1 rings (SSSR count). The first-order valence-corrected chi connectivity index (χ1v) is 6.92. The summed E-state index contributed by atoms with van der Waals surface area (Å²) in [6.45, 7) is 3.90. The summed E-state index contributed by atoms with van der Waals surface area (Å²) in [5.41, 5.74) is 1.53. The highest BCUT2D eigenvalue weighted by molar-refractivity contribution is 9.10. The van der Waals surface area contributed by atoms with Gasteiger partial charge in [-0.05, 0) is 43.5 Å². The number of aryl methyl sites for hydroxylation is 1. The molecule has 0 aromatic heterocycles. The van der Waals surface area contributed by atoms with E-state index in [4.69, 9.17) is 9.47 Å². The molecule has 0 saturated heterocycles. The second-order valence-corrected chi connectivity index (χ2v) is 4.93. The van der Waals surface area contributed by atoms with Crippen molar-refractivity contribution in [3.8, 4) is 0 Å². The summed E-state index contributed by atoms with van der Waals surface area (Å²) in [5.74, 6) is -0.605. The molecule has 0 amide bonds. The van der Waals surface area contributed by atoms with Crippen LogP contribution in [0, 0.1) is 0 Å². The third-order valence-corrected chi connectivity index (χ3v) is 2.84. The van der Waals surface area contributed by atoms with Crippen molar-refractivity contribution in [1.82, 2.24) is 0 Å². The van der Waals surface area contributed by atoms with E-state index >= 15 is 0 Å². The second-order valence-electron chi connectivity index (χ2n) is 4.01. The van der Waals surface area contributed by atoms with E-state index in [2.05, 4.69) is 15.9 Å². The largest absolute Gasteiger partial charge is 0.466 e. The highest BCUT2D eigenvalue weighted by atomic mass is 79.9. The lowest BCUT2D eigenvalue weighted by atomic mass is 10.1. The second kappa shape index (κ2) is 7.94. The Morgan fingerprint density at radius 2 is 1.95 bits per heavy atom. The molecule has 4 nitrogen and oxygen atoms in total. The minimum Gasteiger partial charge on any atom is -0.466 e. The summed E-state index contributed by atoms with van der Waals surface area (Å²) < 4.78 is 10.7. The Hall–Kier alpha value is -1.36. The number of ether oxygens (including phenoxy) is 2. The normalized spacial score (nSPS) is 10.1. The monoisotopic (exact) mass is 328 g/mol. The molecule has 0 radical (unpaired) electrons. The maximum Gasteiger partial charge on any atom is 0.338 e. The Morgan fingerprint density at radius 3 is 2.58 bits per heavy atom. The fraction of sp³-hybridized carbons (Fsp3) is 0.429. The predicted octanol–water partition coefficient (Wildman–Crippen LogP) is 3.12. The van der Waals surface area contributed by atoms with Crippen molar-refractivity contribution in [2.75, 3.05) is 13.2 Å². The van der Waals surface area contributed by atoms with Crippen LogP contribution >= 0.6 is 15.9 Å². The molecule has 0 unspecified atom stereocenters. The third-order valence-electron chi connectivity index (χ3n) is 2.38. The third kappa shape index (κ3) is 5.87. The first-order valence-electron chi connectivity index (χ1n) is 6.13. The molecule has 0 saturated carbocycles. The van der Waals surface area contributed by atoms with Crippen LogP contribution in [0.15, 0.2) is 22.7 Å². The first-order chi connectivity index (χ1) is 9.02. The van der Waals surface area contributed by atoms with Crippen LogP contribution in [0.5, 0.6) is 0 Å². The molecule has 1 aromatic rings. The quantitative estimate of drug-likeness (QED) is 0.594. The van der Waals surface area contributed by atoms with E-state index < -0.39 is 0 Å². The van der Waals surface area contributed by atoms with Gasteiger partial charge in [-0.1, -0.05) is 15.9 Å². The van der Waals surface area contributed by atoms with Crippen molar-refractivity contribution in [2.45, 2.75) is 26.7 Å². The SMILES string of the molecule is CCOC(=O)c1cc(Br)cc(CCCOC(C)=O)c1. The molecule has 0 heterocycles. The van der Waals surface area contributed by atoms with Gasteiger partial charge in [-0.2, -0.15) is 0 Å². The predicted molar refractivity (Wildman–Crippen MR) is 75.1 cm³/mol. The Balaban J connectivity index is 2.63. The molecule has 0 aliphatic heterocycles. The Labute approximate surface area is 121 Å². The highest BCUT2D eigenvalue weighted by Crippen LogP contribution is 2.18. The molecule has 0 aliphatic rings. The summed E-state index contributed by atoms with van der Waals surface area (Å²) in [6, 6.07) is 5.47. The van der Waals surface area contributed by atoms with Gasteiger partial charge < -0.3 is 9.47 Å². The van der Waals surface area contributed by atoms with E-state index in [9.17, 15) is 9.59 Å². The molecule has 5 heteroatoms. The lowest BCUT2D eigenvalue weighted by Crippen LogP contribution is -2.06. The number of benzene rings is 1. The molecule has 0 spiro atoms. The van der Waals surface area contributed by atoms with Crippen LogP contribution in [-0.2, 0) is 20.7 Å². The Morgan fingerprint density at radius 1 is 1.21 bits per heavy atom. The minimum atomic E-state index is -0.329. The van der Waals surface area contributed by atoms with Crippen molar-refractivity contribution < 1.29 is 19.1 Å². The molecule has 0 atom stereocenters. The maximum atomic E-state index is 11.7. The topological polar surface area (TPSA) is 52.6 Å². The van der Waals surface area contributed by atoms with Gasteiger partial charge in [-0.15, -0.1) is 0 Å². The smallest absolute Gasteiger partial charge is 0.338 e. The van der Waals surface area contributed by atoms with Gasteiger partial charge in [0.15, 0.2) is 0 Å². The zero-order valence-corrected chi connectivity index (χ0v) is 12.7. The van der Waals surface area contributed by atoms with E-state index in [0.29, 0.717) is 18.8 Å². The number of esters is 2. The number of carbonyl (C=O) groups is 2. The maximum absolute atomic E-state index is 11.7. The van der Waals surface area contributed by atoms with Crippen molar-refractivity contribution in [3.63, 3.8) is 0 Å². The molecule has 0 N–H and O–H groups in total. The Kier molecular flexibility index (Phi) is 6.56. The van der Waals surface area contributed by atoms with Crippen LogP contribution in [0.2, 0.25) is 0 Å². The van der Waals surface area contributed by atoms with Gasteiger partial charge in [0, 0.05) is 11.4 Å². The summed E-state index contributed by atoms with van der Waals surface area (Å²) >= 11 is 3.37. The van der Waals surface area contributed by atoms with E-state index in [1.165, 1.54) is 6.92 Å². The first kappa shape index (κ1) is 15.7. The molecule has 0 bridgehead atoms. The number of hydrogen-bond donors (Lipinski definition) is 0. The van der Waals surface area contributed by atoms with Gasteiger partial charge >= 0.3 is 11.9 Å². The number of hydrogen-bond acceptors (Lipinski definition) is 4. The van der Waals surface area contributed by atoms with Crippen LogP contribution in [0.4, 0.5) is 0 Å². The van der Waals surface area contributed by atoms with Crippen molar-refractivity contribution >= 4 is 27.9 Å². The van der Waals surface area contributed by atoms with Crippen LogP contribution in [0.25, 0.3) is 0 Å². The number of rotatable bonds is 6. The molecular formula is C14H17BrO4. The van der Waals surface area contributed by atoms with Gasteiger partial charge in [0.05, 0.1) is 18.8 Å². The average Bonchev–Trinajstić information content (AvgIpc) is 2.34. The number of halogens is 1. The van der Waals surface area contributed by atoms with E-state index in [1.54, 1.807) is 19.1 Å². The molecule has 0 aliphatic carbocycles. The van der Waals surface area contributed by atoms with E-state index in [-0.39, 0.29) is 11.9 Å². The lowest BCUT2D eigenvalue weighted by molar-refractivity contribution is -0.141. The zero-order valence-electron chi connectivity index (χ0n) is 11.1. The molecule has 19 heavy (non-hydrogen) atoms. The molecule has 0 fully saturated rings.